The number of carbonyl (C=O) groups is 3. The van der Waals surface area contributed by atoms with Crippen LogP contribution >= 0.6 is 17.0 Å². The maximum atomic E-state index is 13.2. The molecule has 0 unspecified atom stereocenters. The Morgan fingerprint density at radius 2 is 1.86 bits per heavy atom. The number of carboxylic acid groups (broad SMARTS) is 1. The molecule has 1 aliphatic rings. The standard InChI is InChI=1S/C26H32N4O5.BrH/c1-6-35-22-10-16-12-30(24(27)17(16)11-18(22)25(28)34)13-21(31)15-7-8-20(29(5)14-23(32)33)19(9-15)26(2,3)4;/h7-11,27H,6,12-14H2,1-5H3,(H2,28,34)(H,32,33);1H. The van der Waals surface area contributed by atoms with Gasteiger partial charge in [0.1, 0.15) is 18.1 Å². The number of fused-ring (bicyclic) bond motifs is 1. The number of halogens is 1. The summed E-state index contributed by atoms with van der Waals surface area (Å²) in [6, 6.07) is 8.54. The summed E-state index contributed by atoms with van der Waals surface area (Å²) in [5, 5.41) is 17.7. The molecule has 0 saturated carbocycles. The van der Waals surface area contributed by atoms with Gasteiger partial charge >= 0.3 is 5.97 Å². The maximum absolute atomic E-state index is 13.2. The number of ether oxygens (including phenoxy) is 1. The molecule has 0 bridgehead atoms. The van der Waals surface area contributed by atoms with Crippen molar-refractivity contribution in [3.05, 3.63) is 58.1 Å². The van der Waals surface area contributed by atoms with E-state index in [1.165, 1.54) is 0 Å². The summed E-state index contributed by atoms with van der Waals surface area (Å²) >= 11 is 0. The molecule has 4 N–H and O–H groups in total. The number of aliphatic carboxylic acids is 1. The monoisotopic (exact) mass is 560 g/mol. The van der Waals surface area contributed by atoms with Crippen LogP contribution in [0.15, 0.2) is 30.3 Å². The molecule has 2 aromatic carbocycles. The highest BCUT2D eigenvalue weighted by Crippen LogP contribution is 2.34. The number of rotatable bonds is 9. The third-order valence-corrected chi connectivity index (χ3v) is 5.95. The van der Waals surface area contributed by atoms with Crippen LogP contribution in [0.5, 0.6) is 5.75 Å². The Labute approximate surface area is 221 Å². The Balaban J connectivity index is 0.00000456. The van der Waals surface area contributed by atoms with Gasteiger partial charge in [0.05, 0.1) is 18.7 Å². The van der Waals surface area contributed by atoms with Gasteiger partial charge < -0.3 is 25.4 Å². The van der Waals surface area contributed by atoms with Gasteiger partial charge in [0.15, 0.2) is 5.78 Å². The Hall–Kier alpha value is -3.40. The van der Waals surface area contributed by atoms with Crippen LogP contribution < -0.4 is 15.4 Å². The van der Waals surface area contributed by atoms with Gasteiger partial charge in [0, 0.05) is 30.4 Å². The first-order valence-corrected chi connectivity index (χ1v) is 11.4. The number of ketones is 1. The van der Waals surface area contributed by atoms with Crippen LogP contribution in [0.4, 0.5) is 5.69 Å². The van der Waals surface area contributed by atoms with E-state index < -0.39 is 11.9 Å². The summed E-state index contributed by atoms with van der Waals surface area (Å²) in [7, 11) is 1.71. The number of benzene rings is 2. The minimum atomic E-state index is -0.938. The lowest BCUT2D eigenvalue weighted by Crippen LogP contribution is -2.31. The van der Waals surface area contributed by atoms with Crippen LogP contribution in [0.25, 0.3) is 0 Å². The second-order valence-corrected chi connectivity index (χ2v) is 9.66. The number of hydrogen-bond donors (Lipinski definition) is 3. The molecular weight excluding hydrogens is 528 g/mol. The van der Waals surface area contributed by atoms with Gasteiger partial charge in [-0.15, -0.1) is 17.0 Å². The Kier molecular flexibility index (Phi) is 8.90. The van der Waals surface area contributed by atoms with E-state index in [9.17, 15) is 19.5 Å². The fourth-order valence-electron chi connectivity index (χ4n) is 4.23. The van der Waals surface area contributed by atoms with Crippen LogP contribution in [0.3, 0.4) is 0 Å². The lowest BCUT2D eigenvalue weighted by atomic mass is 9.84. The van der Waals surface area contributed by atoms with Crippen molar-refractivity contribution in [1.82, 2.24) is 4.90 Å². The van der Waals surface area contributed by atoms with Gasteiger partial charge in [-0.1, -0.05) is 20.8 Å². The van der Waals surface area contributed by atoms with Crippen molar-refractivity contribution in [2.24, 2.45) is 5.73 Å². The molecule has 0 atom stereocenters. The van der Waals surface area contributed by atoms with Crippen molar-refractivity contribution in [1.29, 1.82) is 5.41 Å². The topological polar surface area (TPSA) is 137 Å². The molecule has 10 heteroatoms. The fourth-order valence-corrected chi connectivity index (χ4v) is 4.23. The van der Waals surface area contributed by atoms with E-state index >= 15 is 0 Å². The van der Waals surface area contributed by atoms with Crippen LogP contribution in [0, 0.1) is 5.41 Å². The molecule has 1 aliphatic heterocycles. The SMILES string of the molecule is Br.CCOc1cc2c(cc1C(N)=O)C(=N)N(CC(=O)c1ccc(N(C)CC(=O)O)c(C(C)(C)C)c1)C2. The van der Waals surface area contributed by atoms with Gasteiger partial charge in [0.2, 0.25) is 0 Å². The van der Waals surface area contributed by atoms with E-state index in [4.69, 9.17) is 15.9 Å². The largest absolute Gasteiger partial charge is 0.493 e. The average Bonchev–Trinajstić information content (AvgIpc) is 3.06. The van der Waals surface area contributed by atoms with Gasteiger partial charge in [-0.2, -0.15) is 0 Å². The zero-order valence-corrected chi connectivity index (χ0v) is 22.9. The number of nitrogens with zero attached hydrogens (tertiary/aromatic N) is 2. The van der Waals surface area contributed by atoms with Crippen LogP contribution in [0.2, 0.25) is 0 Å². The minimum Gasteiger partial charge on any atom is -0.493 e. The van der Waals surface area contributed by atoms with Crippen molar-refractivity contribution in [3.8, 4) is 5.75 Å². The highest BCUT2D eigenvalue weighted by atomic mass is 79.9. The van der Waals surface area contributed by atoms with Gasteiger partial charge in [-0.05, 0) is 53.8 Å². The second-order valence-electron chi connectivity index (χ2n) is 9.66. The first-order valence-electron chi connectivity index (χ1n) is 11.4. The summed E-state index contributed by atoms with van der Waals surface area (Å²) in [6.07, 6.45) is 0. The molecule has 2 aromatic rings. The predicted molar refractivity (Wildman–Crippen MR) is 144 cm³/mol. The lowest BCUT2D eigenvalue weighted by molar-refractivity contribution is -0.135. The number of amidine groups is 1. The molecule has 0 saturated heterocycles. The molecule has 0 radical (unpaired) electrons. The molecule has 1 heterocycles. The van der Waals surface area contributed by atoms with E-state index in [2.05, 4.69) is 0 Å². The summed E-state index contributed by atoms with van der Waals surface area (Å²) in [5.74, 6) is -1.23. The third kappa shape index (κ3) is 6.04. The van der Waals surface area contributed by atoms with Gasteiger partial charge in [-0.3, -0.25) is 19.8 Å². The fraction of sp³-hybridized carbons (Fsp3) is 0.385. The molecule has 194 valence electrons. The summed E-state index contributed by atoms with van der Waals surface area (Å²) in [4.78, 5) is 39.6. The highest BCUT2D eigenvalue weighted by Gasteiger charge is 2.30. The first kappa shape index (κ1) is 28.8. The number of carbonyl (C=O) groups excluding carboxylic acids is 2. The van der Waals surface area contributed by atoms with Gasteiger partial charge in [0.25, 0.3) is 5.91 Å². The number of carboxylic acids is 1. The lowest BCUT2D eigenvalue weighted by Gasteiger charge is -2.28. The molecule has 0 fully saturated rings. The zero-order chi connectivity index (χ0) is 26.1. The quantitative estimate of drug-likeness (QED) is 0.398. The van der Waals surface area contributed by atoms with Gasteiger partial charge in [-0.25, -0.2) is 0 Å². The summed E-state index contributed by atoms with van der Waals surface area (Å²) in [6.45, 7) is 8.36. The van der Waals surface area contributed by atoms with E-state index in [1.54, 1.807) is 47.2 Å². The summed E-state index contributed by atoms with van der Waals surface area (Å²) in [5.41, 5.74) is 8.81. The predicted octanol–water partition coefficient (Wildman–Crippen LogP) is 3.60. The first-order chi connectivity index (χ1) is 16.3. The van der Waals surface area contributed by atoms with E-state index in [-0.39, 0.29) is 52.7 Å². The number of amides is 1. The van der Waals surface area contributed by atoms with Crippen molar-refractivity contribution in [2.75, 3.05) is 31.6 Å². The Morgan fingerprint density at radius 1 is 1.19 bits per heavy atom. The Morgan fingerprint density at radius 3 is 2.42 bits per heavy atom. The van der Waals surface area contributed by atoms with E-state index in [0.717, 1.165) is 16.8 Å². The Bertz CT molecular complexity index is 1210. The highest BCUT2D eigenvalue weighted by molar-refractivity contribution is 8.93. The van der Waals surface area contributed by atoms with Crippen molar-refractivity contribution < 1.29 is 24.2 Å². The van der Waals surface area contributed by atoms with E-state index in [0.29, 0.717) is 30.0 Å². The molecular formula is C26H33BrN4O5. The molecule has 3 rings (SSSR count). The number of nitrogens with two attached hydrogens (primary N) is 1. The molecule has 0 aromatic heterocycles. The van der Waals surface area contributed by atoms with Crippen molar-refractivity contribution >= 4 is 46.2 Å². The molecule has 36 heavy (non-hydrogen) atoms. The normalized spacial score (nSPS) is 12.6. The molecule has 1 amide bonds. The number of Topliss-reactive ketones (excluding diaryl/α,β-unsaturated/α-hetero) is 1. The van der Waals surface area contributed by atoms with Crippen LogP contribution in [0.1, 0.15) is 65.1 Å². The number of likely N-dealkylation sites (N-methyl/N-ethyl adjacent to an activating group) is 1. The molecule has 9 nitrogen and oxygen atoms in total. The van der Waals surface area contributed by atoms with Crippen molar-refractivity contribution in [2.45, 2.75) is 39.7 Å². The zero-order valence-electron chi connectivity index (χ0n) is 21.2. The van der Waals surface area contributed by atoms with Crippen LogP contribution in [-0.2, 0) is 16.8 Å². The number of nitrogens with one attached hydrogen (secondary N) is 1. The number of anilines is 1. The minimum absolute atomic E-state index is 0. The molecule has 0 spiro atoms. The summed E-state index contributed by atoms with van der Waals surface area (Å²) < 4.78 is 5.55. The van der Waals surface area contributed by atoms with Crippen LogP contribution in [-0.4, -0.2) is 60.2 Å². The smallest absolute Gasteiger partial charge is 0.323 e. The second kappa shape index (κ2) is 11.1. The molecule has 0 aliphatic carbocycles. The van der Waals surface area contributed by atoms with E-state index in [1.807, 2.05) is 27.7 Å². The number of hydrogen-bond acceptors (Lipinski definition) is 6. The average molecular weight is 561 g/mol. The number of primary amides is 1. The third-order valence-electron chi connectivity index (χ3n) is 5.95. The van der Waals surface area contributed by atoms with Crippen molar-refractivity contribution in [3.63, 3.8) is 0 Å². The maximum Gasteiger partial charge on any atom is 0.323 e.